The number of nitrogens with zero attached hydrogens (tertiary/aromatic N) is 1. The number of benzene rings is 1. The van der Waals surface area contributed by atoms with Gasteiger partial charge in [0.1, 0.15) is 5.65 Å². The lowest BCUT2D eigenvalue weighted by Crippen LogP contribution is -1.87. The zero-order valence-corrected chi connectivity index (χ0v) is 10.5. The van der Waals surface area contributed by atoms with E-state index in [0.717, 1.165) is 17.0 Å². The summed E-state index contributed by atoms with van der Waals surface area (Å²) in [6, 6.07) is 12.6. The number of pyridine rings is 1. The van der Waals surface area contributed by atoms with Gasteiger partial charge in [-0.3, -0.25) is 0 Å². The second-order valence-electron chi connectivity index (χ2n) is 4.40. The molecule has 2 heterocycles. The average molecular weight is 237 g/mol. The number of rotatable bonds is 2. The van der Waals surface area contributed by atoms with E-state index in [-0.39, 0.29) is 0 Å². The molecular weight excluding hydrogens is 222 g/mol. The van der Waals surface area contributed by atoms with Gasteiger partial charge in [-0.25, -0.2) is 4.98 Å². The smallest absolute Gasteiger partial charge is 0.138 e. The van der Waals surface area contributed by atoms with Gasteiger partial charge in [0.25, 0.3) is 0 Å². The quantitative estimate of drug-likeness (QED) is 0.715. The molecule has 0 unspecified atom stereocenters. The highest BCUT2D eigenvalue weighted by Gasteiger charge is 2.06. The molecule has 0 aliphatic heterocycles. The van der Waals surface area contributed by atoms with Crippen LogP contribution in [-0.2, 0) is 0 Å². The van der Waals surface area contributed by atoms with E-state index in [0.29, 0.717) is 0 Å². The summed E-state index contributed by atoms with van der Waals surface area (Å²) < 4.78 is 0. The van der Waals surface area contributed by atoms with Crippen molar-refractivity contribution in [3.63, 3.8) is 0 Å². The highest BCUT2D eigenvalue weighted by molar-refractivity contribution is 5.93. The van der Waals surface area contributed by atoms with Gasteiger partial charge in [0.2, 0.25) is 0 Å². The Morgan fingerprint density at radius 2 is 1.89 bits per heavy atom. The van der Waals surface area contributed by atoms with Crippen molar-refractivity contribution in [2.45, 2.75) is 6.92 Å². The van der Waals surface area contributed by atoms with Gasteiger partial charge >= 0.3 is 0 Å². The van der Waals surface area contributed by atoms with Crippen molar-refractivity contribution in [2.24, 2.45) is 0 Å². The minimum Gasteiger partial charge on any atom is -0.388 e. The highest BCUT2D eigenvalue weighted by Crippen LogP contribution is 2.28. The number of hydrogen-bond acceptors (Lipinski definition) is 2. The topological polar surface area (TPSA) is 40.7 Å². The molecule has 0 amide bonds. The maximum absolute atomic E-state index is 4.35. The third kappa shape index (κ3) is 1.74. The van der Waals surface area contributed by atoms with Gasteiger partial charge in [-0.1, -0.05) is 12.1 Å². The third-order valence-electron chi connectivity index (χ3n) is 3.15. The van der Waals surface area contributed by atoms with E-state index in [1.54, 1.807) is 0 Å². The number of aryl methyl sites for hydroxylation is 1. The van der Waals surface area contributed by atoms with Crippen LogP contribution in [0.3, 0.4) is 0 Å². The Labute approximate surface area is 106 Å². The molecule has 2 aromatic heterocycles. The molecule has 3 heteroatoms. The van der Waals surface area contributed by atoms with Crippen LogP contribution < -0.4 is 5.32 Å². The summed E-state index contributed by atoms with van der Waals surface area (Å²) in [4.78, 5) is 7.62. The van der Waals surface area contributed by atoms with Gasteiger partial charge < -0.3 is 10.3 Å². The summed E-state index contributed by atoms with van der Waals surface area (Å²) in [5.74, 6) is 0. The molecule has 90 valence electrons. The molecule has 0 bridgehead atoms. The second kappa shape index (κ2) is 4.18. The van der Waals surface area contributed by atoms with Crippen molar-refractivity contribution in [1.82, 2.24) is 9.97 Å². The van der Waals surface area contributed by atoms with Crippen molar-refractivity contribution >= 4 is 16.7 Å². The Morgan fingerprint density at radius 1 is 1.11 bits per heavy atom. The van der Waals surface area contributed by atoms with Crippen LogP contribution in [0.2, 0.25) is 0 Å². The number of H-pyrrole nitrogens is 1. The number of fused-ring (bicyclic) bond motifs is 1. The Balaban J connectivity index is 2.17. The fourth-order valence-electron chi connectivity index (χ4n) is 2.23. The molecule has 0 spiro atoms. The zero-order valence-electron chi connectivity index (χ0n) is 10.5. The zero-order chi connectivity index (χ0) is 12.5. The Kier molecular flexibility index (Phi) is 2.52. The van der Waals surface area contributed by atoms with Crippen LogP contribution in [0.4, 0.5) is 5.69 Å². The minimum atomic E-state index is 0.947. The normalized spacial score (nSPS) is 10.8. The van der Waals surface area contributed by atoms with Crippen LogP contribution in [0, 0.1) is 6.92 Å². The number of aromatic nitrogens is 2. The first-order valence-corrected chi connectivity index (χ1v) is 6.00. The fourth-order valence-corrected chi connectivity index (χ4v) is 2.23. The maximum Gasteiger partial charge on any atom is 0.138 e. The first kappa shape index (κ1) is 10.8. The van der Waals surface area contributed by atoms with Gasteiger partial charge in [0.15, 0.2) is 0 Å². The van der Waals surface area contributed by atoms with Crippen molar-refractivity contribution in [3.8, 4) is 11.1 Å². The molecular formula is C15H15N3. The molecule has 1 aromatic carbocycles. The second-order valence-corrected chi connectivity index (χ2v) is 4.40. The van der Waals surface area contributed by atoms with Gasteiger partial charge in [-0.05, 0) is 42.3 Å². The number of hydrogen-bond donors (Lipinski definition) is 2. The van der Waals surface area contributed by atoms with Crippen LogP contribution in [0.1, 0.15) is 5.69 Å². The third-order valence-corrected chi connectivity index (χ3v) is 3.15. The number of nitrogens with one attached hydrogen (secondary N) is 2. The summed E-state index contributed by atoms with van der Waals surface area (Å²) in [5, 5.41) is 4.30. The predicted molar refractivity (Wildman–Crippen MR) is 75.8 cm³/mol. The van der Waals surface area contributed by atoms with Crippen LogP contribution in [0.5, 0.6) is 0 Å². The van der Waals surface area contributed by atoms with E-state index in [1.165, 1.54) is 16.5 Å². The summed E-state index contributed by atoms with van der Waals surface area (Å²) in [5.41, 5.74) is 5.63. The molecule has 0 aliphatic rings. The van der Waals surface area contributed by atoms with Gasteiger partial charge in [-0.15, -0.1) is 0 Å². The predicted octanol–water partition coefficient (Wildman–Crippen LogP) is 3.58. The lowest BCUT2D eigenvalue weighted by Gasteiger charge is -2.05. The van der Waals surface area contributed by atoms with Crippen LogP contribution in [-0.4, -0.2) is 17.0 Å². The monoisotopic (exact) mass is 237 g/mol. The van der Waals surface area contributed by atoms with E-state index in [9.17, 15) is 0 Å². The van der Waals surface area contributed by atoms with Gasteiger partial charge in [0.05, 0.1) is 0 Å². The van der Waals surface area contributed by atoms with Gasteiger partial charge in [0, 0.05) is 30.0 Å². The molecule has 0 fully saturated rings. The van der Waals surface area contributed by atoms with E-state index in [1.807, 2.05) is 13.2 Å². The molecule has 0 atom stereocenters. The lowest BCUT2D eigenvalue weighted by atomic mass is 10.0. The average Bonchev–Trinajstić information content (AvgIpc) is 2.79. The van der Waals surface area contributed by atoms with E-state index < -0.39 is 0 Å². The summed E-state index contributed by atoms with van der Waals surface area (Å²) in [6.07, 6.45) is 1.85. The maximum atomic E-state index is 4.35. The van der Waals surface area contributed by atoms with Crippen LogP contribution >= 0.6 is 0 Å². The fraction of sp³-hybridized carbons (Fsp3) is 0.133. The Bertz CT molecular complexity index is 681. The SMILES string of the molecule is CNc1ccc(-c2ccnc3[nH]c(C)cc23)cc1. The highest BCUT2D eigenvalue weighted by atomic mass is 14.8. The standard InChI is InChI=1S/C15H15N3/c1-10-9-14-13(7-8-17-15(14)18-10)11-3-5-12(16-2)6-4-11/h3-9,16H,1-2H3,(H,17,18). The molecule has 3 aromatic rings. The largest absolute Gasteiger partial charge is 0.388 e. The van der Waals surface area contributed by atoms with Crippen molar-refractivity contribution < 1.29 is 0 Å². The first-order valence-electron chi connectivity index (χ1n) is 6.00. The van der Waals surface area contributed by atoms with Crippen molar-refractivity contribution in [3.05, 3.63) is 48.3 Å². The van der Waals surface area contributed by atoms with E-state index in [4.69, 9.17) is 0 Å². The summed E-state index contributed by atoms with van der Waals surface area (Å²) in [7, 11) is 1.93. The minimum absolute atomic E-state index is 0.947. The molecule has 0 aliphatic carbocycles. The van der Waals surface area contributed by atoms with Gasteiger partial charge in [-0.2, -0.15) is 0 Å². The molecule has 3 rings (SSSR count). The molecule has 0 radical (unpaired) electrons. The lowest BCUT2D eigenvalue weighted by molar-refractivity contribution is 1.25. The van der Waals surface area contributed by atoms with Crippen molar-refractivity contribution in [2.75, 3.05) is 12.4 Å². The van der Waals surface area contributed by atoms with Crippen molar-refractivity contribution in [1.29, 1.82) is 0 Å². The number of anilines is 1. The summed E-state index contributed by atoms with van der Waals surface area (Å²) in [6.45, 7) is 2.05. The molecule has 3 nitrogen and oxygen atoms in total. The molecule has 2 N–H and O–H groups in total. The van der Waals surface area contributed by atoms with E-state index >= 15 is 0 Å². The van der Waals surface area contributed by atoms with E-state index in [2.05, 4.69) is 58.6 Å². The molecule has 18 heavy (non-hydrogen) atoms. The Morgan fingerprint density at radius 3 is 2.61 bits per heavy atom. The molecule has 0 saturated heterocycles. The summed E-state index contributed by atoms with van der Waals surface area (Å²) >= 11 is 0. The van der Waals surface area contributed by atoms with Crippen LogP contribution in [0.25, 0.3) is 22.2 Å². The first-order chi connectivity index (χ1) is 8.78. The number of aromatic amines is 1. The molecule has 0 saturated carbocycles. The Hall–Kier alpha value is -2.29. The van der Waals surface area contributed by atoms with Crippen LogP contribution in [0.15, 0.2) is 42.6 Å².